The summed E-state index contributed by atoms with van der Waals surface area (Å²) >= 11 is 0. The summed E-state index contributed by atoms with van der Waals surface area (Å²) in [6, 6.07) is 0.207. The van der Waals surface area contributed by atoms with Crippen molar-refractivity contribution in [3.63, 3.8) is 0 Å². The average Bonchev–Trinajstić information content (AvgIpc) is 3.15. The van der Waals surface area contributed by atoms with Gasteiger partial charge in [0.05, 0.1) is 18.3 Å². The number of carbonyl (C=O) groups is 1. The van der Waals surface area contributed by atoms with Crippen molar-refractivity contribution >= 4 is 5.91 Å². The molecule has 2 fully saturated rings. The lowest BCUT2D eigenvalue weighted by molar-refractivity contribution is -0.136. The molecule has 1 saturated carbocycles. The fourth-order valence-electron chi connectivity index (χ4n) is 4.18. The first kappa shape index (κ1) is 15.5. The van der Waals surface area contributed by atoms with Crippen LogP contribution in [0.4, 0.5) is 0 Å². The number of aromatic nitrogens is 3. The van der Waals surface area contributed by atoms with Crippen LogP contribution in [0.5, 0.6) is 0 Å². The maximum absolute atomic E-state index is 12.6. The standard InChI is InChI=1S/C16H26N4O2/c1-16(22)8-3-2-5-13(16)14-6-4-10-20(14)15(21)7-11-19-12-9-17-18-19/h9,12-14,22H,2-8,10-11H2,1H3/t13-,14+,16+/m1/s1. The molecular weight excluding hydrogens is 280 g/mol. The van der Waals surface area contributed by atoms with Gasteiger partial charge in [-0.05, 0) is 32.6 Å². The zero-order chi connectivity index (χ0) is 15.6. The molecular formula is C16H26N4O2. The predicted molar refractivity (Wildman–Crippen MR) is 82.0 cm³/mol. The Morgan fingerprint density at radius 1 is 1.36 bits per heavy atom. The van der Waals surface area contributed by atoms with E-state index < -0.39 is 5.60 Å². The van der Waals surface area contributed by atoms with Gasteiger partial charge in [0.25, 0.3) is 0 Å². The smallest absolute Gasteiger partial charge is 0.224 e. The Bertz CT molecular complexity index is 500. The van der Waals surface area contributed by atoms with Crippen LogP contribution in [-0.2, 0) is 11.3 Å². The van der Waals surface area contributed by atoms with Gasteiger partial charge in [-0.3, -0.25) is 9.48 Å². The summed E-state index contributed by atoms with van der Waals surface area (Å²) in [6.45, 7) is 3.35. The van der Waals surface area contributed by atoms with Crippen LogP contribution < -0.4 is 0 Å². The molecule has 1 aliphatic carbocycles. The van der Waals surface area contributed by atoms with Crippen molar-refractivity contribution in [2.24, 2.45) is 5.92 Å². The summed E-state index contributed by atoms with van der Waals surface area (Å²) in [5, 5.41) is 18.4. The van der Waals surface area contributed by atoms with Crippen LogP contribution in [0, 0.1) is 5.92 Å². The van der Waals surface area contributed by atoms with E-state index in [0.29, 0.717) is 13.0 Å². The van der Waals surface area contributed by atoms with E-state index in [4.69, 9.17) is 0 Å². The molecule has 3 atom stereocenters. The van der Waals surface area contributed by atoms with Crippen molar-refractivity contribution in [1.82, 2.24) is 19.9 Å². The van der Waals surface area contributed by atoms with E-state index in [0.717, 1.165) is 45.1 Å². The van der Waals surface area contributed by atoms with Crippen LogP contribution in [0.3, 0.4) is 0 Å². The molecule has 1 saturated heterocycles. The van der Waals surface area contributed by atoms with E-state index in [1.807, 2.05) is 11.8 Å². The van der Waals surface area contributed by atoms with Gasteiger partial charge in [-0.15, -0.1) is 5.10 Å². The Morgan fingerprint density at radius 2 is 2.23 bits per heavy atom. The quantitative estimate of drug-likeness (QED) is 0.917. The number of nitrogens with zero attached hydrogens (tertiary/aromatic N) is 4. The highest BCUT2D eigenvalue weighted by Crippen LogP contribution is 2.40. The van der Waals surface area contributed by atoms with Gasteiger partial charge in [0, 0.05) is 31.1 Å². The lowest BCUT2D eigenvalue weighted by Gasteiger charge is -2.43. The van der Waals surface area contributed by atoms with Crippen LogP contribution in [-0.4, -0.2) is 49.1 Å². The first-order chi connectivity index (χ1) is 10.6. The van der Waals surface area contributed by atoms with Gasteiger partial charge in [0.15, 0.2) is 0 Å². The minimum Gasteiger partial charge on any atom is -0.390 e. The average molecular weight is 306 g/mol. The van der Waals surface area contributed by atoms with Crippen LogP contribution in [0.25, 0.3) is 0 Å². The molecule has 22 heavy (non-hydrogen) atoms. The molecule has 122 valence electrons. The van der Waals surface area contributed by atoms with Crippen LogP contribution >= 0.6 is 0 Å². The number of hydrogen-bond donors (Lipinski definition) is 1. The third kappa shape index (κ3) is 3.16. The van der Waals surface area contributed by atoms with E-state index in [1.165, 1.54) is 0 Å². The lowest BCUT2D eigenvalue weighted by atomic mass is 9.72. The van der Waals surface area contributed by atoms with E-state index >= 15 is 0 Å². The molecule has 1 aromatic rings. The summed E-state index contributed by atoms with van der Waals surface area (Å²) in [7, 11) is 0. The number of aryl methyl sites for hydroxylation is 1. The molecule has 1 amide bonds. The number of amides is 1. The molecule has 0 aromatic carbocycles. The van der Waals surface area contributed by atoms with E-state index in [1.54, 1.807) is 17.1 Å². The van der Waals surface area contributed by atoms with Crippen LogP contribution in [0.15, 0.2) is 12.4 Å². The molecule has 0 spiro atoms. The van der Waals surface area contributed by atoms with Crippen molar-refractivity contribution in [2.75, 3.05) is 6.54 Å². The highest BCUT2D eigenvalue weighted by molar-refractivity contribution is 5.76. The van der Waals surface area contributed by atoms with Gasteiger partial charge in [-0.25, -0.2) is 0 Å². The topological polar surface area (TPSA) is 71.2 Å². The Balaban J connectivity index is 1.63. The molecule has 2 aliphatic rings. The zero-order valence-electron chi connectivity index (χ0n) is 13.3. The Kier molecular flexibility index (Phi) is 4.47. The van der Waals surface area contributed by atoms with Crippen molar-refractivity contribution in [3.8, 4) is 0 Å². The maximum atomic E-state index is 12.6. The molecule has 0 unspecified atom stereocenters. The number of aliphatic hydroxyl groups is 1. The molecule has 0 bridgehead atoms. The number of carbonyl (C=O) groups excluding carboxylic acids is 1. The first-order valence-corrected chi connectivity index (χ1v) is 8.44. The zero-order valence-corrected chi connectivity index (χ0v) is 13.3. The lowest BCUT2D eigenvalue weighted by Crippen LogP contribution is -2.50. The number of hydrogen-bond acceptors (Lipinski definition) is 4. The minimum atomic E-state index is -0.627. The van der Waals surface area contributed by atoms with E-state index in [2.05, 4.69) is 10.3 Å². The van der Waals surface area contributed by atoms with Gasteiger partial charge < -0.3 is 10.0 Å². The van der Waals surface area contributed by atoms with E-state index in [-0.39, 0.29) is 17.9 Å². The largest absolute Gasteiger partial charge is 0.390 e. The molecule has 2 heterocycles. The molecule has 0 radical (unpaired) electrons. The molecule has 6 nitrogen and oxygen atoms in total. The summed E-state index contributed by atoms with van der Waals surface area (Å²) < 4.78 is 1.69. The third-order valence-electron chi connectivity index (χ3n) is 5.36. The van der Waals surface area contributed by atoms with E-state index in [9.17, 15) is 9.90 Å². The number of likely N-dealkylation sites (tertiary alicyclic amines) is 1. The van der Waals surface area contributed by atoms with Crippen LogP contribution in [0.2, 0.25) is 0 Å². The summed E-state index contributed by atoms with van der Waals surface area (Å²) in [5.41, 5.74) is -0.627. The van der Waals surface area contributed by atoms with Gasteiger partial charge in [0.1, 0.15) is 0 Å². The van der Waals surface area contributed by atoms with Gasteiger partial charge in [-0.2, -0.15) is 0 Å². The SMILES string of the molecule is C[C@]1(O)CCCC[C@@H]1[C@@H]1CCCN1C(=O)CCn1ccnn1. The highest BCUT2D eigenvalue weighted by atomic mass is 16.3. The minimum absolute atomic E-state index is 0.180. The molecule has 1 N–H and O–H groups in total. The fraction of sp³-hybridized carbons (Fsp3) is 0.812. The molecule has 1 aromatic heterocycles. The third-order valence-corrected chi connectivity index (χ3v) is 5.36. The second-order valence-electron chi connectivity index (χ2n) is 6.92. The van der Waals surface area contributed by atoms with Crippen molar-refractivity contribution in [1.29, 1.82) is 0 Å². The van der Waals surface area contributed by atoms with Gasteiger partial charge >= 0.3 is 0 Å². The summed E-state index contributed by atoms with van der Waals surface area (Å²) in [6.07, 6.45) is 10.1. The van der Waals surface area contributed by atoms with Crippen LogP contribution in [0.1, 0.15) is 51.9 Å². The normalized spacial score (nSPS) is 32.4. The van der Waals surface area contributed by atoms with Gasteiger partial charge in [0.2, 0.25) is 5.91 Å². The monoisotopic (exact) mass is 306 g/mol. The second kappa shape index (κ2) is 6.36. The van der Waals surface area contributed by atoms with Crippen molar-refractivity contribution < 1.29 is 9.90 Å². The van der Waals surface area contributed by atoms with Crippen molar-refractivity contribution in [2.45, 2.75) is 70.1 Å². The Labute approximate surface area is 131 Å². The Hall–Kier alpha value is -1.43. The molecule has 3 rings (SSSR count). The second-order valence-corrected chi connectivity index (χ2v) is 6.92. The summed E-state index contributed by atoms with van der Waals surface area (Å²) in [5.74, 6) is 0.401. The number of rotatable bonds is 4. The first-order valence-electron chi connectivity index (χ1n) is 8.44. The predicted octanol–water partition coefficient (Wildman–Crippen LogP) is 1.60. The molecule has 1 aliphatic heterocycles. The highest BCUT2D eigenvalue weighted by Gasteiger charge is 2.44. The fourth-order valence-corrected chi connectivity index (χ4v) is 4.18. The van der Waals surface area contributed by atoms with Crippen molar-refractivity contribution in [3.05, 3.63) is 12.4 Å². The Morgan fingerprint density at radius 3 is 2.95 bits per heavy atom. The molecule has 6 heteroatoms. The maximum Gasteiger partial charge on any atom is 0.224 e. The summed E-state index contributed by atoms with van der Waals surface area (Å²) in [4.78, 5) is 14.6. The van der Waals surface area contributed by atoms with Gasteiger partial charge in [-0.1, -0.05) is 18.1 Å².